The van der Waals surface area contributed by atoms with E-state index in [1.54, 1.807) is 19.1 Å². The first-order valence-corrected chi connectivity index (χ1v) is 9.29. The number of carbonyl (C=O) groups is 2. The summed E-state index contributed by atoms with van der Waals surface area (Å²) in [6, 6.07) is 5.26. The lowest BCUT2D eigenvalue weighted by atomic mass is 10.1. The van der Waals surface area contributed by atoms with Gasteiger partial charge in [0.1, 0.15) is 6.04 Å². The highest BCUT2D eigenvalue weighted by Gasteiger charge is 2.19. The number of rotatable bonds is 9. The summed E-state index contributed by atoms with van der Waals surface area (Å²) in [6.07, 6.45) is 1.88. The summed E-state index contributed by atoms with van der Waals surface area (Å²) in [4.78, 5) is 23.3. The van der Waals surface area contributed by atoms with Crippen molar-refractivity contribution in [2.45, 2.75) is 50.5 Å². The summed E-state index contributed by atoms with van der Waals surface area (Å²) in [5.74, 6) is -1.51. The number of nitrogens with one attached hydrogen (secondary N) is 1. The molecular formula is C16H23NO5S. The molecule has 0 spiro atoms. The first kappa shape index (κ1) is 19.2. The molecule has 0 heterocycles. The summed E-state index contributed by atoms with van der Waals surface area (Å²) in [6.45, 7) is 3.50. The maximum Gasteiger partial charge on any atom is 0.326 e. The van der Waals surface area contributed by atoms with Crippen molar-refractivity contribution in [2.75, 3.05) is 5.75 Å². The van der Waals surface area contributed by atoms with Crippen molar-refractivity contribution < 1.29 is 23.1 Å². The fourth-order valence-electron chi connectivity index (χ4n) is 2.11. The van der Waals surface area contributed by atoms with Gasteiger partial charge in [-0.25, -0.2) is 13.2 Å². The number of aliphatic carboxylic acids is 1. The Bertz CT molecular complexity index is 654. The Morgan fingerprint density at radius 2 is 1.96 bits per heavy atom. The van der Waals surface area contributed by atoms with Crippen molar-refractivity contribution in [2.24, 2.45) is 0 Å². The average molecular weight is 341 g/mol. The van der Waals surface area contributed by atoms with E-state index >= 15 is 0 Å². The molecule has 0 aliphatic carbocycles. The maximum absolute atomic E-state index is 12.0. The van der Waals surface area contributed by atoms with E-state index in [9.17, 15) is 18.0 Å². The van der Waals surface area contributed by atoms with Gasteiger partial charge in [-0.05, 0) is 24.1 Å². The molecular weight excluding hydrogens is 318 g/mol. The van der Waals surface area contributed by atoms with Crippen LogP contribution < -0.4 is 5.32 Å². The quantitative estimate of drug-likeness (QED) is 0.713. The fraction of sp³-hybridized carbons (Fsp3) is 0.500. The van der Waals surface area contributed by atoms with Gasteiger partial charge in [0.15, 0.2) is 9.84 Å². The number of amides is 1. The molecule has 1 rings (SSSR count). The van der Waals surface area contributed by atoms with Crippen LogP contribution in [0.15, 0.2) is 29.2 Å². The van der Waals surface area contributed by atoms with E-state index < -0.39 is 27.8 Å². The molecule has 23 heavy (non-hydrogen) atoms. The van der Waals surface area contributed by atoms with Crippen LogP contribution in [0.1, 0.15) is 38.7 Å². The molecule has 1 aromatic rings. The summed E-state index contributed by atoms with van der Waals surface area (Å²) >= 11 is 0. The van der Waals surface area contributed by atoms with Crippen molar-refractivity contribution in [3.8, 4) is 0 Å². The normalized spacial score (nSPS) is 12.6. The zero-order valence-electron chi connectivity index (χ0n) is 13.4. The van der Waals surface area contributed by atoms with E-state index in [-0.39, 0.29) is 17.1 Å². The first-order valence-electron chi connectivity index (χ1n) is 7.64. The van der Waals surface area contributed by atoms with Gasteiger partial charge in [-0.15, -0.1) is 0 Å². The Balaban J connectivity index is 2.77. The molecule has 1 unspecified atom stereocenters. The van der Waals surface area contributed by atoms with Gasteiger partial charge in [0.25, 0.3) is 0 Å². The van der Waals surface area contributed by atoms with Crippen LogP contribution in [0, 0.1) is 0 Å². The van der Waals surface area contributed by atoms with Crippen LogP contribution in [0.4, 0.5) is 0 Å². The van der Waals surface area contributed by atoms with Gasteiger partial charge in [-0.2, -0.15) is 0 Å². The minimum atomic E-state index is -3.33. The molecule has 0 aliphatic rings. The Kier molecular flexibility index (Phi) is 7.22. The lowest BCUT2D eigenvalue weighted by Gasteiger charge is -2.14. The van der Waals surface area contributed by atoms with E-state index in [0.29, 0.717) is 18.4 Å². The second-order valence-corrected chi connectivity index (χ2v) is 7.61. The van der Waals surface area contributed by atoms with Crippen LogP contribution in [0.3, 0.4) is 0 Å². The maximum atomic E-state index is 12.0. The summed E-state index contributed by atoms with van der Waals surface area (Å²) in [5.41, 5.74) is 0.539. The van der Waals surface area contributed by atoms with Crippen LogP contribution in [0.5, 0.6) is 0 Å². The van der Waals surface area contributed by atoms with Gasteiger partial charge in [0, 0.05) is 0 Å². The highest BCUT2D eigenvalue weighted by Crippen LogP contribution is 2.14. The smallest absolute Gasteiger partial charge is 0.326 e. The monoisotopic (exact) mass is 341 g/mol. The first-order chi connectivity index (χ1) is 10.8. The molecule has 6 nitrogen and oxygen atoms in total. The molecule has 0 saturated heterocycles. The molecule has 128 valence electrons. The number of carboxylic acids is 1. The van der Waals surface area contributed by atoms with E-state index in [4.69, 9.17) is 5.11 Å². The molecule has 1 amide bonds. The lowest BCUT2D eigenvalue weighted by Crippen LogP contribution is -2.41. The Morgan fingerprint density at radius 1 is 1.26 bits per heavy atom. The van der Waals surface area contributed by atoms with E-state index in [0.717, 1.165) is 6.42 Å². The third-order valence-corrected chi connectivity index (χ3v) is 5.21. The van der Waals surface area contributed by atoms with Crippen LogP contribution in [-0.4, -0.2) is 37.2 Å². The molecule has 0 fully saturated rings. The number of hydrogen-bond acceptors (Lipinski definition) is 4. The second kappa shape index (κ2) is 8.67. The predicted molar refractivity (Wildman–Crippen MR) is 87.0 cm³/mol. The highest BCUT2D eigenvalue weighted by molar-refractivity contribution is 7.91. The van der Waals surface area contributed by atoms with Crippen molar-refractivity contribution >= 4 is 21.7 Å². The van der Waals surface area contributed by atoms with E-state index in [2.05, 4.69) is 5.32 Å². The number of carboxylic acid groups (broad SMARTS) is 1. The zero-order chi connectivity index (χ0) is 17.5. The van der Waals surface area contributed by atoms with Gasteiger partial charge >= 0.3 is 5.97 Å². The number of carbonyl (C=O) groups excluding carboxylic acids is 1. The van der Waals surface area contributed by atoms with E-state index in [1.807, 2.05) is 6.92 Å². The molecule has 0 bridgehead atoms. The Morgan fingerprint density at radius 3 is 2.52 bits per heavy atom. The van der Waals surface area contributed by atoms with Crippen molar-refractivity contribution in [3.05, 3.63) is 29.8 Å². The van der Waals surface area contributed by atoms with Crippen molar-refractivity contribution in [1.29, 1.82) is 0 Å². The Hall–Kier alpha value is -1.89. The second-order valence-electron chi connectivity index (χ2n) is 5.33. The number of benzene rings is 1. The summed E-state index contributed by atoms with van der Waals surface area (Å²) < 4.78 is 23.7. The third-order valence-electron chi connectivity index (χ3n) is 3.48. The number of sulfone groups is 1. The zero-order valence-corrected chi connectivity index (χ0v) is 14.2. The minimum Gasteiger partial charge on any atom is -0.480 e. The topological polar surface area (TPSA) is 101 Å². The van der Waals surface area contributed by atoms with Crippen LogP contribution >= 0.6 is 0 Å². The molecule has 0 aliphatic heterocycles. The SMILES string of the molecule is CCCCC(NC(=O)Cc1cccc(S(=O)(=O)CC)c1)C(=O)O. The van der Waals surface area contributed by atoms with Gasteiger partial charge in [0.2, 0.25) is 5.91 Å². The van der Waals surface area contributed by atoms with Gasteiger partial charge in [-0.1, -0.05) is 38.8 Å². The number of hydrogen-bond donors (Lipinski definition) is 2. The predicted octanol–water partition coefficient (Wildman–Crippen LogP) is 1.78. The van der Waals surface area contributed by atoms with Gasteiger partial charge in [-0.3, -0.25) is 4.79 Å². The third kappa shape index (κ3) is 6.02. The van der Waals surface area contributed by atoms with E-state index in [1.165, 1.54) is 12.1 Å². The Labute approximate surface area is 136 Å². The molecule has 0 aromatic heterocycles. The summed E-state index contributed by atoms with van der Waals surface area (Å²) in [7, 11) is -3.33. The molecule has 0 radical (unpaired) electrons. The van der Waals surface area contributed by atoms with Gasteiger partial charge in [0.05, 0.1) is 17.1 Å². The van der Waals surface area contributed by atoms with Gasteiger partial charge < -0.3 is 10.4 Å². The number of unbranched alkanes of at least 4 members (excludes halogenated alkanes) is 1. The highest BCUT2D eigenvalue weighted by atomic mass is 32.2. The summed E-state index contributed by atoms with van der Waals surface area (Å²) in [5, 5.41) is 11.6. The minimum absolute atomic E-state index is 0.0131. The fourth-order valence-corrected chi connectivity index (χ4v) is 3.06. The molecule has 1 aromatic carbocycles. The average Bonchev–Trinajstić information content (AvgIpc) is 2.51. The molecule has 0 saturated carbocycles. The van der Waals surface area contributed by atoms with Crippen LogP contribution in [0.25, 0.3) is 0 Å². The molecule has 2 N–H and O–H groups in total. The van der Waals surface area contributed by atoms with Crippen molar-refractivity contribution in [1.82, 2.24) is 5.32 Å². The molecule has 1 atom stereocenters. The lowest BCUT2D eigenvalue weighted by molar-refractivity contribution is -0.142. The molecule has 7 heteroatoms. The van der Waals surface area contributed by atoms with Crippen LogP contribution in [-0.2, 0) is 25.8 Å². The standard InChI is InChI=1S/C16H23NO5S/c1-3-5-9-14(16(19)20)17-15(18)11-12-7-6-8-13(10-12)23(21,22)4-2/h6-8,10,14H,3-5,9,11H2,1-2H3,(H,17,18)(H,19,20). The van der Waals surface area contributed by atoms with Crippen molar-refractivity contribution in [3.63, 3.8) is 0 Å². The van der Waals surface area contributed by atoms with Crippen LogP contribution in [0.2, 0.25) is 0 Å². The largest absolute Gasteiger partial charge is 0.480 e.